The monoisotopic (exact) mass is 230 g/mol. The molecule has 0 saturated carbocycles. The van der Waals surface area contributed by atoms with Crippen LogP contribution in [0.15, 0.2) is 36.4 Å². The van der Waals surface area contributed by atoms with Crippen LogP contribution in [-0.4, -0.2) is 15.3 Å². The lowest BCUT2D eigenvalue weighted by Gasteiger charge is -2.11. The molecule has 3 heteroatoms. The number of hydrogen-bond donors (Lipinski definition) is 3. The van der Waals surface area contributed by atoms with E-state index in [4.69, 9.17) is 0 Å². The predicted octanol–water partition coefficient (Wildman–Crippen LogP) is 3.03. The van der Waals surface area contributed by atoms with Gasteiger partial charge in [0, 0.05) is 11.6 Å². The zero-order chi connectivity index (χ0) is 12.4. The van der Waals surface area contributed by atoms with Crippen molar-refractivity contribution in [1.82, 2.24) is 0 Å². The third-order valence-electron chi connectivity index (χ3n) is 2.70. The van der Waals surface area contributed by atoms with E-state index in [-0.39, 0.29) is 17.2 Å². The Morgan fingerprint density at radius 2 is 1.59 bits per heavy atom. The van der Waals surface area contributed by atoms with Crippen molar-refractivity contribution in [3.05, 3.63) is 42.0 Å². The molecule has 0 aromatic heterocycles. The normalized spacial score (nSPS) is 10.4. The molecular weight excluding hydrogens is 216 g/mol. The summed E-state index contributed by atoms with van der Waals surface area (Å²) in [5.41, 5.74) is 2.23. The third kappa shape index (κ3) is 2.18. The van der Waals surface area contributed by atoms with Crippen molar-refractivity contribution in [2.24, 2.45) is 0 Å². The first-order chi connectivity index (χ1) is 8.11. The minimum Gasteiger partial charge on any atom is -0.508 e. The van der Waals surface area contributed by atoms with Crippen LogP contribution in [0.25, 0.3) is 11.1 Å². The predicted molar refractivity (Wildman–Crippen MR) is 66.3 cm³/mol. The molecule has 0 amide bonds. The van der Waals surface area contributed by atoms with Crippen LogP contribution in [-0.2, 0) is 6.42 Å². The van der Waals surface area contributed by atoms with Crippen molar-refractivity contribution in [1.29, 1.82) is 0 Å². The quantitative estimate of drug-likeness (QED) is 0.743. The molecule has 0 unspecified atom stereocenters. The fraction of sp³-hybridized carbons (Fsp3) is 0.143. The Balaban J connectivity index is 2.67. The van der Waals surface area contributed by atoms with E-state index < -0.39 is 0 Å². The summed E-state index contributed by atoms with van der Waals surface area (Å²) in [6, 6.07) is 9.59. The van der Waals surface area contributed by atoms with Crippen molar-refractivity contribution in [3.63, 3.8) is 0 Å². The van der Waals surface area contributed by atoms with Crippen LogP contribution < -0.4 is 0 Å². The van der Waals surface area contributed by atoms with Gasteiger partial charge in [-0.25, -0.2) is 0 Å². The van der Waals surface area contributed by atoms with Crippen LogP contribution in [0.2, 0.25) is 0 Å². The van der Waals surface area contributed by atoms with E-state index in [9.17, 15) is 15.3 Å². The molecule has 0 atom stereocenters. The van der Waals surface area contributed by atoms with Gasteiger partial charge in [0.15, 0.2) is 0 Å². The molecule has 0 aliphatic heterocycles. The molecule has 3 N–H and O–H groups in total. The zero-order valence-corrected chi connectivity index (χ0v) is 9.51. The Morgan fingerprint density at radius 1 is 0.941 bits per heavy atom. The fourth-order valence-electron chi connectivity index (χ4n) is 1.95. The van der Waals surface area contributed by atoms with Crippen LogP contribution >= 0.6 is 0 Å². The van der Waals surface area contributed by atoms with Gasteiger partial charge in [0.1, 0.15) is 17.2 Å². The van der Waals surface area contributed by atoms with E-state index in [0.717, 1.165) is 12.0 Å². The van der Waals surface area contributed by atoms with Gasteiger partial charge in [-0.2, -0.15) is 0 Å². The molecule has 0 bridgehead atoms. The van der Waals surface area contributed by atoms with Crippen molar-refractivity contribution < 1.29 is 15.3 Å². The van der Waals surface area contributed by atoms with Crippen LogP contribution in [0.3, 0.4) is 0 Å². The van der Waals surface area contributed by atoms with Gasteiger partial charge in [0.25, 0.3) is 0 Å². The lowest BCUT2D eigenvalue weighted by atomic mass is 9.96. The average molecular weight is 230 g/mol. The number of aromatic hydroxyl groups is 3. The van der Waals surface area contributed by atoms with Gasteiger partial charge in [-0.15, -0.1) is 0 Å². The van der Waals surface area contributed by atoms with Gasteiger partial charge in [0.05, 0.1) is 0 Å². The summed E-state index contributed by atoms with van der Waals surface area (Å²) in [6.45, 7) is 1.99. The first-order valence-electron chi connectivity index (χ1n) is 5.46. The maximum absolute atomic E-state index is 9.89. The van der Waals surface area contributed by atoms with E-state index in [2.05, 4.69) is 0 Å². The second kappa shape index (κ2) is 4.37. The lowest BCUT2D eigenvalue weighted by Crippen LogP contribution is -1.88. The summed E-state index contributed by atoms with van der Waals surface area (Å²) in [5.74, 6) is 0.102. The Labute approximate surface area is 99.6 Å². The van der Waals surface area contributed by atoms with Crippen molar-refractivity contribution in [2.45, 2.75) is 13.3 Å². The standard InChI is InChI=1S/C14H14O3/c1-2-9-4-3-5-13(17)14(9)10-6-11(15)8-12(16)7-10/h3-8,15-17H,2H2,1H3. The van der Waals surface area contributed by atoms with E-state index in [1.165, 1.54) is 18.2 Å². The topological polar surface area (TPSA) is 60.7 Å². The molecule has 0 spiro atoms. The summed E-state index contributed by atoms with van der Waals surface area (Å²) in [4.78, 5) is 0. The highest BCUT2D eigenvalue weighted by Gasteiger charge is 2.10. The maximum Gasteiger partial charge on any atom is 0.123 e. The van der Waals surface area contributed by atoms with E-state index in [1.807, 2.05) is 13.0 Å². The van der Waals surface area contributed by atoms with E-state index >= 15 is 0 Å². The number of hydrogen-bond acceptors (Lipinski definition) is 3. The van der Waals surface area contributed by atoms with Gasteiger partial charge in [-0.3, -0.25) is 0 Å². The number of rotatable bonds is 2. The largest absolute Gasteiger partial charge is 0.508 e. The summed E-state index contributed by atoms with van der Waals surface area (Å²) in [5, 5.41) is 28.8. The fourth-order valence-corrected chi connectivity index (χ4v) is 1.95. The van der Waals surface area contributed by atoms with Crippen LogP contribution in [0.1, 0.15) is 12.5 Å². The SMILES string of the molecule is CCc1cccc(O)c1-c1cc(O)cc(O)c1. The average Bonchev–Trinajstić information content (AvgIpc) is 2.27. The molecule has 88 valence electrons. The van der Waals surface area contributed by atoms with Crippen LogP contribution in [0.4, 0.5) is 0 Å². The number of benzene rings is 2. The van der Waals surface area contributed by atoms with Gasteiger partial charge in [0.2, 0.25) is 0 Å². The molecular formula is C14H14O3. The smallest absolute Gasteiger partial charge is 0.123 e. The molecule has 2 aromatic carbocycles. The molecule has 0 heterocycles. The number of aryl methyl sites for hydroxylation is 1. The summed E-state index contributed by atoms with van der Waals surface area (Å²) >= 11 is 0. The number of phenolic OH excluding ortho intramolecular Hbond substituents is 3. The summed E-state index contributed by atoms with van der Waals surface area (Å²) in [6.07, 6.45) is 0.764. The zero-order valence-electron chi connectivity index (χ0n) is 9.51. The van der Waals surface area contributed by atoms with Gasteiger partial charge >= 0.3 is 0 Å². The molecule has 2 rings (SSSR count). The minimum absolute atomic E-state index is 0.0229. The number of phenols is 3. The summed E-state index contributed by atoms with van der Waals surface area (Å²) in [7, 11) is 0. The lowest BCUT2D eigenvalue weighted by molar-refractivity contribution is 0.451. The highest BCUT2D eigenvalue weighted by atomic mass is 16.3. The first kappa shape index (κ1) is 11.3. The Bertz CT molecular complexity index is 527. The molecule has 0 fully saturated rings. The second-order valence-corrected chi connectivity index (χ2v) is 3.90. The molecule has 2 aromatic rings. The molecule has 0 saturated heterocycles. The molecule has 3 nitrogen and oxygen atoms in total. The Hall–Kier alpha value is -2.16. The molecule has 0 radical (unpaired) electrons. The van der Waals surface area contributed by atoms with Crippen LogP contribution in [0.5, 0.6) is 17.2 Å². The molecule has 17 heavy (non-hydrogen) atoms. The molecule has 0 aliphatic rings. The second-order valence-electron chi connectivity index (χ2n) is 3.90. The van der Waals surface area contributed by atoms with Crippen molar-refractivity contribution in [3.8, 4) is 28.4 Å². The Morgan fingerprint density at radius 3 is 2.18 bits per heavy atom. The maximum atomic E-state index is 9.89. The highest BCUT2D eigenvalue weighted by molar-refractivity contribution is 5.75. The van der Waals surface area contributed by atoms with Gasteiger partial charge in [-0.1, -0.05) is 19.1 Å². The minimum atomic E-state index is -0.0229. The van der Waals surface area contributed by atoms with Gasteiger partial charge < -0.3 is 15.3 Å². The summed E-state index contributed by atoms with van der Waals surface area (Å²) < 4.78 is 0. The third-order valence-corrected chi connectivity index (χ3v) is 2.70. The molecule has 0 aliphatic carbocycles. The van der Waals surface area contributed by atoms with E-state index in [0.29, 0.717) is 11.1 Å². The first-order valence-corrected chi connectivity index (χ1v) is 5.46. The van der Waals surface area contributed by atoms with Crippen molar-refractivity contribution >= 4 is 0 Å². The van der Waals surface area contributed by atoms with Crippen molar-refractivity contribution in [2.75, 3.05) is 0 Å². The van der Waals surface area contributed by atoms with E-state index in [1.54, 1.807) is 12.1 Å². The van der Waals surface area contributed by atoms with Gasteiger partial charge in [-0.05, 0) is 35.7 Å². The van der Waals surface area contributed by atoms with Crippen LogP contribution in [0, 0.1) is 0 Å². The Kier molecular flexibility index (Phi) is 2.91. The highest BCUT2D eigenvalue weighted by Crippen LogP contribution is 2.36.